The Balaban J connectivity index is 2.24. The fraction of sp³-hybridized carbons (Fsp3) is 0.0769. The van der Waals surface area contributed by atoms with E-state index in [0.717, 1.165) is 10.6 Å². The number of nitrogens with zero attached hydrogens (tertiary/aromatic N) is 2. The van der Waals surface area contributed by atoms with Gasteiger partial charge < -0.3 is 9.84 Å². The summed E-state index contributed by atoms with van der Waals surface area (Å²) in [6, 6.07) is 6.69. The molecule has 1 N–H and O–H groups in total. The van der Waals surface area contributed by atoms with Crippen molar-refractivity contribution in [3.8, 4) is 22.2 Å². The van der Waals surface area contributed by atoms with Gasteiger partial charge >= 0.3 is 0 Å². The van der Waals surface area contributed by atoms with Crippen molar-refractivity contribution in [2.24, 2.45) is 0 Å². The van der Waals surface area contributed by atoms with Gasteiger partial charge in [-0.2, -0.15) is 0 Å². The molecule has 0 fully saturated rings. The zero-order valence-electron chi connectivity index (χ0n) is 9.92. The molecule has 0 aliphatic rings. The summed E-state index contributed by atoms with van der Waals surface area (Å²) in [7, 11) is 1.60. The van der Waals surface area contributed by atoms with E-state index in [2.05, 4.69) is 9.97 Å². The maximum Gasteiger partial charge on any atom is 0.175 e. The van der Waals surface area contributed by atoms with Crippen LogP contribution in [0.1, 0.15) is 0 Å². The Hall–Kier alpha value is -1.85. The number of aromatic hydroxyl groups is 1. The molecule has 0 spiro atoms. The smallest absolute Gasteiger partial charge is 0.175 e. The lowest BCUT2D eigenvalue weighted by molar-refractivity contribution is 0.418. The number of aromatic nitrogens is 2. The van der Waals surface area contributed by atoms with Crippen LogP contribution in [0.15, 0.2) is 29.6 Å². The zero-order valence-corrected chi connectivity index (χ0v) is 11.5. The van der Waals surface area contributed by atoms with E-state index in [1.165, 1.54) is 11.3 Å². The molecule has 2 aromatic heterocycles. The van der Waals surface area contributed by atoms with Gasteiger partial charge in [0.25, 0.3) is 0 Å². The molecule has 0 aliphatic heterocycles. The summed E-state index contributed by atoms with van der Waals surface area (Å²) in [6.45, 7) is 0. The summed E-state index contributed by atoms with van der Waals surface area (Å²) in [5.41, 5.74) is 0.684. The van der Waals surface area contributed by atoms with Crippen molar-refractivity contribution in [1.82, 2.24) is 9.97 Å². The molecular formula is C13H9ClN2O2S. The molecule has 3 aromatic rings. The molecule has 0 saturated carbocycles. The second kappa shape index (κ2) is 4.68. The molecule has 4 nitrogen and oxygen atoms in total. The van der Waals surface area contributed by atoms with Gasteiger partial charge in [-0.05, 0) is 29.6 Å². The first-order chi connectivity index (χ1) is 9.19. The van der Waals surface area contributed by atoms with Crippen LogP contribution >= 0.6 is 22.9 Å². The number of benzene rings is 1. The molecule has 19 heavy (non-hydrogen) atoms. The van der Waals surface area contributed by atoms with E-state index in [0.29, 0.717) is 21.9 Å². The quantitative estimate of drug-likeness (QED) is 0.731. The lowest BCUT2D eigenvalue weighted by Crippen LogP contribution is -1.92. The molecule has 0 atom stereocenters. The number of fused-ring (bicyclic) bond motifs is 1. The summed E-state index contributed by atoms with van der Waals surface area (Å²) < 4.78 is 5.26. The lowest BCUT2D eigenvalue weighted by Gasteiger charge is -2.05. The Kier molecular flexibility index (Phi) is 3.00. The number of halogens is 1. The first-order valence-electron chi connectivity index (χ1n) is 5.47. The van der Waals surface area contributed by atoms with Gasteiger partial charge in [-0.15, -0.1) is 11.3 Å². The highest BCUT2D eigenvalue weighted by Crippen LogP contribution is 2.35. The molecule has 0 amide bonds. The van der Waals surface area contributed by atoms with Gasteiger partial charge in [-0.1, -0.05) is 11.6 Å². The molecule has 0 bridgehead atoms. The molecule has 0 unspecified atom stereocenters. The minimum absolute atomic E-state index is 0.138. The normalized spacial score (nSPS) is 10.8. The number of thiophene rings is 1. The molecule has 96 valence electrons. The van der Waals surface area contributed by atoms with Gasteiger partial charge in [0.2, 0.25) is 0 Å². The summed E-state index contributed by atoms with van der Waals surface area (Å²) in [4.78, 5) is 9.55. The fourth-order valence-electron chi connectivity index (χ4n) is 1.80. The number of phenols is 1. The first-order valence-corrected chi connectivity index (χ1v) is 6.73. The standard InChI is InChI=1S/C13H9ClN2O2S/c1-18-10-4-5-19-11(10)13-15-9-3-2-7(17)6-8(9)12(14)16-13/h2-6,17H,1H3. The minimum Gasteiger partial charge on any atom is -0.508 e. The van der Waals surface area contributed by atoms with Crippen LogP contribution in [0.4, 0.5) is 0 Å². The largest absolute Gasteiger partial charge is 0.508 e. The monoisotopic (exact) mass is 292 g/mol. The molecule has 1 aromatic carbocycles. The van der Waals surface area contributed by atoms with Crippen molar-refractivity contribution in [2.45, 2.75) is 0 Å². The van der Waals surface area contributed by atoms with E-state index < -0.39 is 0 Å². The second-order valence-electron chi connectivity index (χ2n) is 3.86. The summed E-state index contributed by atoms with van der Waals surface area (Å²) >= 11 is 7.64. The Morgan fingerprint density at radius 2 is 2.11 bits per heavy atom. The van der Waals surface area contributed by atoms with Crippen LogP contribution in [-0.4, -0.2) is 22.2 Å². The Bertz CT molecular complexity index is 757. The van der Waals surface area contributed by atoms with Crippen molar-refractivity contribution < 1.29 is 9.84 Å². The Morgan fingerprint density at radius 3 is 2.89 bits per heavy atom. The predicted molar refractivity (Wildman–Crippen MR) is 76.1 cm³/mol. The Morgan fingerprint density at radius 1 is 1.26 bits per heavy atom. The fourth-order valence-corrected chi connectivity index (χ4v) is 2.83. The van der Waals surface area contributed by atoms with E-state index in [9.17, 15) is 5.11 Å². The number of hydrogen-bond acceptors (Lipinski definition) is 5. The third-order valence-corrected chi connectivity index (χ3v) is 3.86. The number of ether oxygens (including phenoxy) is 1. The van der Waals surface area contributed by atoms with Crippen LogP contribution in [0.3, 0.4) is 0 Å². The van der Waals surface area contributed by atoms with Gasteiger partial charge in [0.1, 0.15) is 21.5 Å². The summed E-state index contributed by atoms with van der Waals surface area (Å²) in [5, 5.41) is 12.3. The molecule has 0 aliphatic carbocycles. The van der Waals surface area contributed by atoms with E-state index >= 15 is 0 Å². The van der Waals surface area contributed by atoms with Crippen LogP contribution in [0.5, 0.6) is 11.5 Å². The maximum atomic E-state index is 9.46. The van der Waals surface area contributed by atoms with Gasteiger partial charge in [0, 0.05) is 5.39 Å². The average Bonchev–Trinajstić information content (AvgIpc) is 2.87. The number of phenolic OH excluding ortho intramolecular Hbond substituents is 1. The van der Waals surface area contributed by atoms with Crippen LogP contribution in [0, 0.1) is 0 Å². The van der Waals surface area contributed by atoms with E-state index in [4.69, 9.17) is 16.3 Å². The zero-order chi connectivity index (χ0) is 13.4. The van der Waals surface area contributed by atoms with Crippen molar-refractivity contribution in [2.75, 3.05) is 7.11 Å². The highest BCUT2D eigenvalue weighted by molar-refractivity contribution is 7.13. The Labute approximate surface area is 118 Å². The van der Waals surface area contributed by atoms with Crippen LogP contribution in [0.25, 0.3) is 21.6 Å². The third-order valence-electron chi connectivity index (χ3n) is 2.68. The van der Waals surface area contributed by atoms with E-state index in [-0.39, 0.29) is 5.75 Å². The first kappa shape index (κ1) is 12.2. The second-order valence-corrected chi connectivity index (χ2v) is 5.13. The van der Waals surface area contributed by atoms with Gasteiger partial charge in [-0.25, -0.2) is 9.97 Å². The van der Waals surface area contributed by atoms with Crippen LogP contribution in [0.2, 0.25) is 5.15 Å². The highest BCUT2D eigenvalue weighted by Gasteiger charge is 2.13. The summed E-state index contributed by atoms with van der Waals surface area (Å²) in [6.07, 6.45) is 0. The van der Waals surface area contributed by atoms with Crippen molar-refractivity contribution >= 4 is 33.8 Å². The SMILES string of the molecule is COc1ccsc1-c1nc(Cl)c2cc(O)ccc2n1. The van der Waals surface area contributed by atoms with Crippen molar-refractivity contribution in [1.29, 1.82) is 0 Å². The molecule has 0 radical (unpaired) electrons. The van der Waals surface area contributed by atoms with Crippen molar-refractivity contribution in [3.63, 3.8) is 0 Å². The topological polar surface area (TPSA) is 55.2 Å². The van der Waals surface area contributed by atoms with Crippen molar-refractivity contribution in [3.05, 3.63) is 34.8 Å². The summed E-state index contributed by atoms with van der Waals surface area (Å²) in [5.74, 6) is 1.38. The van der Waals surface area contributed by atoms with E-state index in [1.807, 2.05) is 11.4 Å². The molecular weight excluding hydrogens is 284 g/mol. The number of methoxy groups -OCH3 is 1. The number of hydrogen-bond donors (Lipinski definition) is 1. The molecule has 6 heteroatoms. The predicted octanol–water partition coefficient (Wildman–Crippen LogP) is 3.73. The van der Waals surface area contributed by atoms with Gasteiger partial charge in [-0.3, -0.25) is 0 Å². The maximum absolute atomic E-state index is 9.46. The molecule has 0 saturated heterocycles. The minimum atomic E-state index is 0.138. The highest BCUT2D eigenvalue weighted by atomic mass is 35.5. The third kappa shape index (κ3) is 2.11. The van der Waals surface area contributed by atoms with Crippen LogP contribution in [-0.2, 0) is 0 Å². The van der Waals surface area contributed by atoms with Gasteiger partial charge in [0.15, 0.2) is 5.82 Å². The average molecular weight is 293 g/mol. The van der Waals surface area contributed by atoms with Crippen LogP contribution < -0.4 is 4.74 Å². The molecule has 3 rings (SSSR count). The van der Waals surface area contributed by atoms with Gasteiger partial charge in [0.05, 0.1) is 12.6 Å². The lowest BCUT2D eigenvalue weighted by atomic mass is 10.2. The molecule has 2 heterocycles. The van der Waals surface area contributed by atoms with E-state index in [1.54, 1.807) is 25.3 Å². The number of rotatable bonds is 2.